The van der Waals surface area contributed by atoms with Gasteiger partial charge in [-0.05, 0) is 25.4 Å². The Morgan fingerprint density at radius 2 is 2.18 bits per heavy atom. The zero-order valence-electron chi connectivity index (χ0n) is 6.33. The smallest absolute Gasteiger partial charge is 0.109 e. The topological polar surface area (TPSA) is 38.7 Å². The molecule has 0 saturated carbocycles. The fourth-order valence-corrected chi connectivity index (χ4v) is 1.72. The summed E-state index contributed by atoms with van der Waals surface area (Å²) in [5.41, 5.74) is 1.90. The maximum atomic E-state index is 4.26. The normalized spacial score (nSPS) is 10.7. The van der Waals surface area contributed by atoms with E-state index >= 15 is 0 Å². The molecule has 2 aromatic rings. The Morgan fingerprint density at radius 3 is 2.91 bits per heavy atom. The average molecular weight is 165 g/mol. The van der Waals surface area contributed by atoms with Gasteiger partial charge in [-0.25, -0.2) is 0 Å². The third kappa shape index (κ3) is 0.903. The van der Waals surface area contributed by atoms with Gasteiger partial charge in [-0.3, -0.25) is 0 Å². The van der Waals surface area contributed by atoms with E-state index in [1.807, 2.05) is 13.8 Å². The van der Waals surface area contributed by atoms with Crippen molar-refractivity contribution in [2.75, 3.05) is 0 Å². The van der Waals surface area contributed by atoms with Crippen LogP contribution in [0.4, 0.5) is 0 Å². The molecule has 0 bridgehead atoms. The molecule has 0 aliphatic heterocycles. The Kier molecular flexibility index (Phi) is 1.35. The van der Waals surface area contributed by atoms with Crippen molar-refractivity contribution in [3.8, 4) is 0 Å². The number of hydrogen-bond acceptors (Lipinski definition) is 4. The van der Waals surface area contributed by atoms with Crippen molar-refractivity contribution in [2.45, 2.75) is 13.8 Å². The first-order valence-corrected chi connectivity index (χ1v) is 4.10. The lowest BCUT2D eigenvalue weighted by molar-refractivity contribution is 0.999. The van der Waals surface area contributed by atoms with Crippen LogP contribution in [0.2, 0.25) is 0 Å². The van der Waals surface area contributed by atoms with Gasteiger partial charge >= 0.3 is 0 Å². The number of rotatable bonds is 0. The third-order valence-electron chi connectivity index (χ3n) is 1.65. The molecule has 0 aliphatic rings. The lowest BCUT2D eigenvalue weighted by atomic mass is 10.3. The van der Waals surface area contributed by atoms with E-state index in [0.29, 0.717) is 0 Å². The molecule has 4 heteroatoms. The molecule has 2 aromatic heterocycles. The summed E-state index contributed by atoms with van der Waals surface area (Å²) in [7, 11) is 0. The standard InChI is InChI=1S/C7H7N3S/c1-4-7-6(3-8-9-4)5(2)11-10-7/h3H,1-2H3. The molecule has 2 heterocycles. The van der Waals surface area contributed by atoms with E-state index < -0.39 is 0 Å². The molecular weight excluding hydrogens is 158 g/mol. The maximum Gasteiger partial charge on any atom is 0.109 e. The minimum absolute atomic E-state index is 0.909. The second-order valence-corrected chi connectivity index (χ2v) is 3.41. The molecule has 0 spiro atoms. The third-order valence-corrected chi connectivity index (χ3v) is 2.41. The molecule has 0 saturated heterocycles. The molecule has 2 rings (SSSR count). The molecule has 0 radical (unpaired) electrons. The van der Waals surface area contributed by atoms with Gasteiger partial charge in [-0.1, -0.05) is 0 Å². The van der Waals surface area contributed by atoms with E-state index in [2.05, 4.69) is 14.6 Å². The van der Waals surface area contributed by atoms with Crippen molar-refractivity contribution in [1.29, 1.82) is 0 Å². The van der Waals surface area contributed by atoms with Gasteiger partial charge in [0.1, 0.15) is 5.52 Å². The van der Waals surface area contributed by atoms with Crippen LogP contribution in [0, 0.1) is 13.8 Å². The van der Waals surface area contributed by atoms with Gasteiger partial charge in [-0.2, -0.15) is 14.6 Å². The molecule has 3 nitrogen and oxygen atoms in total. The molecule has 56 valence electrons. The Labute approximate surface area is 68.3 Å². The van der Waals surface area contributed by atoms with Crippen LogP contribution in [0.25, 0.3) is 10.9 Å². The summed E-state index contributed by atoms with van der Waals surface area (Å²) >= 11 is 1.50. The fraction of sp³-hybridized carbons (Fsp3) is 0.286. The minimum Gasteiger partial charge on any atom is -0.190 e. The van der Waals surface area contributed by atoms with Crippen molar-refractivity contribution in [2.24, 2.45) is 0 Å². The SMILES string of the molecule is Cc1snc2c(C)nncc12. The highest BCUT2D eigenvalue weighted by molar-refractivity contribution is 7.07. The monoisotopic (exact) mass is 165 g/mol. The molecule has 0 fully saturated rings. The summed E-state index contributed by atoms with van der Waals surface area (Å²) in [5, 5.41) is 8.90. The quantitative estimate of drug-likeness (QED) is 0.596. The van der Waals surface area contributed by atoms with Crippen LogP contribution in [0.15, 0.2) is 6.20 Å². The van der Waals surface area contributed by atoms with Crippen LogP contribution in [-0.4, -0.2) is 14.6 Å². The number of aryl methyl sites for hydroxylation is 2. The van der Waals surface area contributed by atoms with Gasteiger partial charge in [0.25, 0.3) is 0 Å². The van der Waals surface area contributed by atoms with E-state index in [-0.39, 0.29) is 0 Å². The largest absolute Gasteiger partial charge is 0.190 e. The van der Waals surface area contributed by atoms with Gasteiger partial charge in [0, 0.05) is 10.3 Å². The molecule has 0 amide bonds. The predicted octanol–water partition coefficient (Wildman–Crippen LogP) is 1.70. The minimum atomic E-state index is 0.909. The van der Waals surface area contributed by atoms with Crippen molar-refractivity contribution in [3.63, 3.8) is 0 Å². The van der Waals surface area contributed by atoms with E-state index in [1.165, 1.54) is 16.4 Å². The lowest BCUT2D eigenvalue weighted by Gasteiger charge is -1.89. The number of aromatic nitrogens is 3. The van der Waals surface area contributed by atoms with Gasteiger partial charge < -0.3 is 0 Å². The van der Waals surface area contributed by atoms with Crippen molar-refractivity contribution >= 4 is 22.4 Å². The van der Waals surface area contributed by atoms with Gasteiger partial charge in [0.2, 0.25) is 0 Å². The summed E-state index contributed by atoms with van der Waals surface area (Å²) < 4.78 is 4.26. The number of fused-ring (bicyclic) bond motifs is 1. The number of hydrogen-bond donors (Lipinski definition) is 0. The second kappa shape index (κ2) is 2.23. The van der Waals surface area contributed by atoms with Crippen LogP contribution in [-0.2, 0) is 0 Å². The van der Waals surface area contributed by atoms with Crippen LogP contribution in [0.1, 0.15) is 10.6 Å². The Hall–Kier alpha value is -1.03. The van der Waals surface area contributed by atoms with Crippen LogP contribution in [0.5, 0.6) is 0 Å². The Morgan fingerprint density at radius 1 is 1.36 bits per heavy atom. The van der Waals surface area contributed by atoms with Crippen molar-refractivity contribution in [3.05, 3.63) is 16.8 Å². The van der Waals surface area contributed by atoms with E-state index in [0.717, 1.165) is 16.6 Å². The summed E-state index contributed by atoms with van der Waals surface area (Å²) in [6.07, 6.45) is 1.77. The first kappa shape index (κ1) is 6.67. The fourth-order valence-electron chi connectivity index (χ4n) is 1.01. The summed E-state index contributed by atoms with van der Waals surface area (Å²) in [4.78, 5) is 1.21. The highest BCUT2D eigenvalue weighted by atomic mass is 32.1. The first-order valence-electron chi connectivity index (χ1n) is 3.33. The molecule has 0 aromatic carbocycles. The molecular formula is C7H7N3S. The average Bonchev–Trinajstić information content (AvgIpc) is 2.35. The molecule has 0 aliphatic carbocycles. The first-order chi connectivity index (χ1) is 5.29. The van der Waals surface area contributed by atoms with Crippen LogP contribution in [0.3, 0.4) is 0 Å². The summed E-state index contributed by atoms with van der Waals surface area (Å²) in [6, 6.07) is 0. The van der Waals surface area contributed by atoms with E-state index in [9.17, 15) is 0 Å². The molecule has 11 heavy (non-hydrogen) atoms. The van der Waals surface area contributed by atoms with Gasteiger partial charge in [0.15, 0.2) is 0 Å². The molecule has 0 N–H and O–H groups in total. The molecule has 0 atom stereocenters. The van der Waals surface area contributed by atoms with Crippen LogP contribution >= 0.6 is 11.5 Å². The van der Waals surface area contributed by atoms with E-state index in [1.54, 1.807) is 6.20 Å². The summed E-state index contributed by atoms with van der Waals surface area (Å²) in [5.74, 6) is 0. The lowest BCUT2D eigenvalue weighted by Crippen LogP contribution is -1.85. The van der Waals surface area contributed by atoms with E-state index in [4.69, 9.17) is 0 Å². The Balaban J connectivity index is 2.94. The van der Waals surface area contributed by atoms with Crippen molar-refractivity contribution < 1.29 is 0 Å². The Bertz CT molecular complexity index is 393. The van der Waals surface area contributed by atoms with Crippen molar-refractivity contribution in [1.82, 2.24) is 14.6 Å². The maximum absolute atomic E-state index is 4.26. The second-order valence-electron chi connectivity index (χ2n) is 2.43. The number of nitrogens with zero attached hydrogens (tertiary/aromatic N) is 3. The van der Waals surface area contributed by atoms with Gasteiger partial charge in [0.05, 0.1) is 11.9 Å². The van der Waals surface area contributed by atoms with Crippen LogP contribution < -0.4 is 0 Å². The zero-order valence-corrected chi connectivity index (χ0v) is 7.14. The summed E-state index contributed by atoms with van der Waals surface area (Å²) in [6.45, 7) is 3.97. The highest BCUT2D eigenvalue weighted by Crippen LogP contribution is 2.20. The highest BCUT2D eigenvalue weighted by Gasteiger charge is 2.04. The molecule has 0 unspecified atom stereocenters. The van der Waals surface area contributed by atoms with Gasteiger partial charge in [-0.15, -0.1) is 0 Å². The zero-order chi connectivity index (χ0) is 7.84. The predicted molar refractivity (Wildman–Crippen MR) is 44.7 cm³/mol.